The second-order valence-corrected chi connectivity index (χ2v) is 4.51. The number of hydrogen-bond acceptors (Lipinski definition) is 5. The summed E-state index contributed by atoms with van der Waals surface area (Å²) in [6.45, 7) is 0.338. The van der Waals surface area contributed by atoms with Gasteiger partial charge in [-0.25, -0.2) is 4.79 Å². The number of nitrogens with zero attached hydrogens (tertiary/aromatic N) is 3. The minimum atomic E-state index is -0.892. The van der Waals surface area contributed by atoms with Gasteiger partial charge >= 0.3 is 12.0 Å². The van der Waals surface area contributed by atoms with Crippen LogP contribution in [0.4, 0.5) is 4.79 Å². The van der Waals surface area contributed by atoms with Gasteiger partial charge in [-0.2, -0.15) is 0 Å². The van der Waals surface area contributed by atoms with Crippen LogP contribution in [0.15, 0.2) is 6.33 Å². The molecule has 0 aromatic carbocycles. The molecule has 0 spiro atoms. The van der Waals surface area contributed by atoms with E-state index >= 15 is 0 Å². The van der Waals surface area contributed by atoms with Gasteiger partial charge in [0.25, 0.3) is 0 Å². The molecule has 0 unspecified atom stereocenters. The Morgan fingerprint density at radius 3 is 2.62 bits per heavy atom. The Labute approximate surface area is 121 Å². The number of hydrogen-bond donors (Lipinski definition) is 3. The van der Waals surface area contributed by atoms with Gasteiger partial charge in [0.05, 0.1) is 0 Å². The zero-order valence-corrected chi connectivity index (χ0v) is 11.8. The molecule has 21 heavy (non-hydrogen) atoms. The van der Waals surface area contributed by atoms with E-state index in [-0.39, 0.29) is 12.8 Å². The highest BCUT2D eigenvalue weighted by Crippen LogP contribution is 1.99. The summed E-state index contributed by atoms with van der Waals surface area (Å²) >= 11 is 0. The highest BCUT2D eigenvalue weighted by atomic mass is 16.4. The van der Waals surface area contributed by atoms with Gasteiger partial charge in [-0.1, -0.05) is 0 Å². The number of carbonyl (C=O) groups excluding carboxylic acids is 2. The third-order valence-corrected chi connectivity index (χ3v) is 2.74. The predicted octanol–water partition coefficient (Wildman–Crippen LogP) is -0.172. The van der Waals surface area contributed by atoms with E-state index in [1.165, 1.54) is 0 Å². The van der Waals surface area contributed by atoms with Crippen molar-refractivity contribution in [1.82, 2.24) is 25.4 Å². The Morgan fingerprint density at radius 1 is 1.29 bits per heavy atom. The van der Waals surface area contributed by atoms with Crippen LogP contribution in [0.5, 0.6) is 0 Å². The number of imide groups is 1. The molecule has 1 rings (SSSR count). The smallest absolute Gasteiger partial charge is 0.321 e. The molecular formula is C12H19N5O4. The van der Waals surface area contributed by atoms with Gasteiger partial charge in [-0.15, -0.1) is 10.2 Å². The third kappa shape index (κ3) is 7.04. The van der Waals surface area contributed by atoms with Crippen molar-refractivity contribution in [3.05, 3.63) is 12.2 Å². The largest absolute Gasteiger partial charge is 0.481 e. The van der Waals surface area contributed by atoms with Crippen LogP contribution in [0.1, 0.15) is 31.5 Å². The lowest BCUT2D eigenvalue weighted by molar-refractivity contribution is -0.137. The summed E-state index contributed by atoms with van der Waals surface area (Å²) in [6, 6.07) is -0.569. The standard InChI is InChI=1S/C12H19N5O4/c1-17-8-14-16-9(17)6-7-13-12(21)15-10(18)4-2-3-5-11(19)20/h8H,2-7H2,1H3,(H,19,20)(H2,13,15,18,21). The molecule has 116 valence electrons. The van der Waals surface area contributed by atoms with Gasteiger partial charge in [0.1, 0.15) is 12.2 Å². The van der Waals surface area contributed by atoms with Crippen molar-refractivity contribution in [3.8, 4) is 0 Å². The van der Waals surface area contributed by atoms with Gasteiger partial charge in [0.15, 0.2) is 0 Å². The first-order chi connectivity index (χ1) is 9.99. The number of rotatable bonds is 8. The summed E-state index contributed by atoms with van der Waals surface area (Å²) in [7, 11) is 1.80. The number of aromatic nitrogens is 3. The molecule has 0 saturated heterocycles. The van der Waals surface area contributed by atoms with E-state index in [2.05, 4.69) is 20.8 Å². The Morgan fingerprint density at radius 2 is 2.00 bits per heavy atom. The van der Waals surface area contributed by atoms with Crippen LogP contribution in [-0.4, -0.2) is 44.3 Å². The van der Waals surface area contributed by atoms with Gasteiger partial charge in [0, 0.05) is 32.9 Å². The van der Waals surface area contributed by atoms with Crippen molar-refractivity contribution in [1.29, 1.82) is 0 Å². The average molecular weight is 297 g/mol. The predicted molar refractivity (Wildman–Crippen MR) is 72.4 cm³/mol. The van der Waals surface area contributed by atoms with Crippen LogP contribution >= 0.6 is 0 Å². The molecule has 3 amide bonds. The molecule has 9 heteroatoms. The fourth-order valence-electron chi connectivity index (χ4n) is 1.62. The van der Waals surface area contributed by atoms with Crippen LogP contribution in [-0.2, 0) is 23.1 Å². The highest BCUT2D eigenvalue weighted by Gasteiger charge is 2.08. The van der Waals surface area contributed by atoms with E-state index in [0.29, 0.717) is 25.8 Å². The zero-order chi connectivity index (χ0) is 15.7. The number of unbranched alkanes of at least 4 members (excludes halogenated alkanes) is 1. The summed E-state index contributed by atoms with van der Waals surface area (Å²) in [5.74, 6) is -0.580. The number of carboxylic acid groups (broad SMARTS) is 1. The van der Waals surface area contributed by atoms with Crippen molar-refractivity contribution >= 4 is 17.9 Å². The van der Waals surface area contributed by atoms with E-state index in [9.17, 15) is 14.4 Å². The van der Waals surface area contributed by atoms with E-state index in [1.54, 1.807) is 17.9 Å². The Bertz CT molecular complexity index is 500. The lowest BCUT2D eigenvalue weighted by Gasteiger charge is -2.06. The summed E-state index contributed by atoms with van der Waals surface area (Å²) in [5.41, 5.74) is 0. The van der Waals surface area contributed by atoms with E-state index in [4.69, 9.17) is 5.11 Å². The summed E-state index contributed by atoms with van der Waals surface area (Å²) in [5, 5.41) is 20.7. The molecule has 1 heterocycles. The van der Waals surface area contributed by atoms with Crippen molar-refractivity contribution < 1.29 is 19.5 Å². The monoisotopic (exact) mass is 297 g/mol. The fourth-order valence-corrected chi connectivity index (χ4v) is 1.62. The van der Waals surface area contributed by atoms with E-state index in [1.807, 2.05) is 0 Å². The molecule has 0 saturated carbocycles. The second kappa shape index (κ2) is 8.67. The lowest BCUT2D eigenvalue weighted by atomic mass is 10.2. The minimum absolute atomic E-state index is 0.0250. The van der Waals surface area contributed by atoms with Gasteiger partial charge in [-0.3, -0.25) is 14.9 Å². The maximum atomic E-state index is 11.4. The summed E-state index contributed by atoms with van der Waals surface area (Å²) in [4.78, 5) is 33.1. The molecule has 0 aliphatic carbocycles. The molecule has 0 radical (unpaired) electrons. The van der Waals surface area contributed by atoms with Gasteiger partial charge in [-0.05, 0) is 12.8 Å². The first-order valence-corrected chi connectivity index (χ1v) is 6.61. The number of urea groups is 1. The van der Waals surface area contributed by atoms with E-state index < -0.39 is 17.9 Å². The zero-order valence-electron chi connectivity index (χ0n) is 11.8. The number of carboxylic acids is 1. The maximum Gasteiger partial charge on any atom is 0.321 e. The number of carbonyl (C=O) groups is 3. The van der Waals surface area contributed by atoms with E-state index in [0.717, 1.165) is 5.82 Å². The van der Waals surface area contributed by atoms with Crippen molar-refractivity contribution in [2.45, 2.75) is 32.1 Å². The SMILES string of the molecule is Cn1cnnc1CCNC(=O)NC(=O)CCCCC(=O)O. The van der Waals surface area contributed by atoms with Crippen LogP contribution < -0.4 is 10.6 Å². The maximum absolute atomic E-state index is 11.4. The Balaban J connectivity index is 2.11. The van der Waals surface area contributed by atoms with Crippen LogP contribution in [0.2, 0.25) is 0 Å². The molecule has 0 atom stereocenters. The highest BCUT2D eigenvalue weighted by molar-refractivity contribution is 5.94. The number of aliphatic carboxylic acids is 1. The van der Waals surface area contributed by atoms with Crippen LogP contribution in [0, 0.1) is 0 Å². The number of nitrogens with one attached hydrogen (secondary N) is 2. The average Bonchev–Trinajstić information content (AvgIpc) is 2.80. The van der Waals surface area contributed by atoms with Gasteiger partial charge < -0.3 is 15.0 Å². The first-order valence-electron chi connectivity index (χ1n) is 6.61. The topological polar surface area (TPSA) is 126 Å². The van der Waals surface area contributed by atoms with Crippen molar-refractivity contribution in [3.63, 3.8) is 0 Å². The van der Waals surface area contributed by atoms with Crippen molar-refractivity contribution in [2.75, 3.05) is 6.54 Å². The molecule has 9 nitrogen and oxygen atoms in total. The number of amides is 3. The quantitative estimate of drug-likeness (QED) is 0.572. The molecule has 0 aliphatic heterocycles. The fraction of sp³-hybridized carbons (Fsp3) is 0.583. The Kier molecular flexibility index (Phi) is 6.85. The molecule has 0 bridgehead atoms. The van der Waals surface area contributed by atoms with Crippen LogP contribution in [0.3, 0.4) is 0 Å². The summed E-state index contributed by atoms with van der Waals surface area (Å²) < 4.78 is 1.74. The molecule has 1 aromatic heterocycles. The van der Waals surface area contributed by atoms with Crippen LogP contribution in [0.25, 0.3) is 0 Å². The first kappa shape index (κ1) is 16.6. The molecule has 0 fully saturated rings. The normalized spacial score (nSPS) is 10.1. The summed E-state index contributed by atoms with van der Waals surface area (Å²) in [6.07, 6.45) is 3.08. The lowest BCUT2D eigenvalue weighted by Crippen LogP contribution is -2.40. The second-order valence-electron chi connectivity index (χ2n) is 4.51. The molecular weight excluding hydrogens is 278 g/mol. The molecule has 1 aromatic rings. The van der Waals surface area contributed by atoms with Gasteiger partial charge in [0.2, 0.25) is 5.91 Å². The third-order valence-electron chi connectivity index (χ3n) is 2.74. The molecule has 3 N–H and O–H groups in total. The minimum Gasteiger partial charge on any atom is -0.481 e. The Hall–Kier alpha value is -2.45. The van der Waals surface area contributed by atoms with Crippen molar-refractivity contribution in [2.24, 2.45) is 7.05 Å². The molecule has 0 aliphatic rings. The number of aryl methyl sites for hydroxylation is 1.